The number of hydrogen-bond donors (Lipinski definition) is 2. The first-order chi connectivity index (χ1) is 11.2. The standard InChI is InChI=1S/C16H16FN5O/c17-11-1-3-13-10(7-11)8-14(20-13)16(23)19-12-2-4-15-21-18-9-22(15)6-5-12/h1,3,7-9,12,20H,2,4-6H2,(H,19,23). The van der Waals surface area contributed by atoms with E-state index >= 15 is 0 Å². The van der Waals surface area contributed by atoms with Crippen LogP contribution in [0.3, 0.4) is 0 Å². The van der Waals surface area contributed by atoms with E-state index in [1.54, 1.807) is 18.5 Å². The SMILES string of the molecule is O=C(NC1CCc2nncn2CC1)c1cc2cc(F)ccc2[nH]1. The molecule has 0 spiro atoms. The maximum absolute atomic E-state index is 13.2. The van der Waals surface area contributed by atoms with Crippen molar-refractivity contribution in [2.24, 2.45) is 0 Å². The van der Waals surface area contributed by atoms with Crippen LogP contribution < -0.4 is 5.32 Å². The van der Waals surface area contributed by atoms with Crippen LogP contribution in [-0.4, -0.2) is 31.7 Å². The van der Waals surface area contributed by atoms with Gasteiger partial charge in [0.2, 0.25) is 0 Å². The Morgan fingerprint density at radius 3 is 3.17 bits per heavy atom. The van der Waals surface area contributed by atoms with Crippen molar-refractivity contribution in [1.29, 1.82) is 0 Å². The highest BCUT2D eigenvalue weighted by molar-refractivity contribution is 5.98. The Morgan fingerprint density at radius 1 is 1.35 bits per heavy atom. The quantitative estimate of drug-likeness (QED) is 0.760. The molecule has 7 heteroatoms. The predicted molar refractivity (Wildman–Crippen MR) is 82.5 cm³/mol. The lowest BCUT2D eigenvalue weighted by Crippen LogP contribution is -2.35. The highest BCUT2D eigenvalue weighted by Crippen LogP contribution is 2.18. The number of halogens is 1. The van der Waals surface area contributed by atoms with Gasteiger partial charge < -0.3 is 14.9 Å². The molecule has 2 aromatic heterocycles. The molecule has 0 saturated carbocycles. The lowest BCUT2D eigenvalue weighted by molar-refractivity contribution is 0.0928. The van der Waals surface area contributed by atoms with Gasteiger partial charge in [0.05, 0.1) is 0 Å². The monoisotopic (exact) mass is 313 g/mol. The highest BCUT2D eigenvalue weighted by Gasteiger charge is 2.20. The van der Waals surface area contributed by atoms with Crippen molar-refractivity contribution in [3.63, 3.8) is 0 Å². The molecule has 1 aliphatic heterocycles. The van der Waals surface area contributed by atoms with Gasteiger partial charge in [-0.3, -0.25) is 4.79 Å². The fourth-order valence-electron chi connectivity index (χ4n) is 3.04. The lowest BCUT2D eigenvalue weighted by Gasteiger charge is -2.15. The second kappa shape index (κ2) is 5.49. The Labute approximate surface area is 131 Å². The average Bonchev–Trinajstić information content (AvgIpc) is 3.11. The van der Waals surface area contributed by atoms with Gasteiger partial charge >= 0.3 is 0 Å². The zero-order valence-corrected chi connectivity index (χ0v) is 12.4. The number of rotatable bonds is 2. The van der Waals surface area contributed by atoms with Gasteiger partial charge in [0.1, 0.15) is 23.7 Å². The van der Waals surface area contributed by atoms with E-state index < -0.39 is 0 Å². The third kappa shape index (κ3) is 2.69. The van der Waals surface area contributed by atoms with Gasteiger partial charge in [0.25, 0.3) is 5.91 Å². The van der Waals surface area contributed by atoms with Gasteiger partial charge in [-0.25, -0.2) is 4.39 Å². The smallest absolute Gasteiger partial charge is 0.267 e. The number of hydrogen-bond acceptors (Lipinski definition) is 3. The maximum Gasteiger partial charge on any atom is 0.267 e. The average molecular weight is 313 g/mol. The number of H-pyrrole nitrogens is 1. The molecule has 6 nitrogen and oxygen atoms in total. The molecule has 1 amide bonds. The minimum Gasteiger partial charge on any atom is -0.351 e. The minimum absolute atomic E-state index is 0.0901. The molecule has 1 unspecified atom stereocenters. The van der Waals surface area contributed by atoms with Crippen LogP contribution in [0.4, 0.5) is 4.39 Å². The first-order valence-electron chi connectivity index (χ1n) is 7.65. The minimum atomic E-state index is -0.310. The number of aromatic nitrogens is 4. The molecule has 0 bridgehead atoms. The van der Waals surface area contributed by atoms with Crippen LogP contribution in [-0.2, 0) is 13.0 Å². The van der Waals surface area contributed by atoms with Crippen LogP contribution in [0.1, 0.15) is 29.2 Å². The fourth-order valence-corrected chi connectivity index (χ4v) is 3.04. The fraction of sp³-hybridized carbons (Fsp3) is 0.312. The second-order valence-corrected chi connectivity index (χ2v) is 5.85. The van der Waals surface area contributed by atoms with Gasteiger partial charge in [-0.15, -0.1) is 10.2 Å². The van der Waals surface area contributed by atoms with Crippen LogP contribution in [0.15, 0.2) is 30.6 Å². The molecule has 4 rings (SSSR count). The Kier molecular flexibility index (Phi) is 3.33. The summed E-state index contributed by atoms with van der Waals surface area (Å²) in [5.74, 6) is 0.488. The third-order valence-corrected chi connectivity index (χ3v) is 4.29. The topological polar surface area (TPSA) is 75.6 Å². The molecule has 118 valence electrons. The molecule has 0 fully saturated rings. The third-order valence-electron chi connectivity index (χ3n) is 4.29. The van der Waals surface area contributed by atoms with Gasteiger partial charge in [-0.1, -0.05) is 0 Å². The Balaban J connectivity index is 1.47. The van der Waals surface area contributed by atoms with Crippen LogP contribution in [0.25, 0.3) is 10.9 Å². The van der Waals surface area contributed by atoms with Crippen molar-refractivity contribution in [3.8, 4) is 0 Å². The summed E-state index contributed by atoms with van der Waals surface area (Å²) in [6.07, 6.45) is 4.19. The molecule has 1 aromatic carbocycles. The summed E-state index contributed by atoms with van der Waals surface area (Å²) in [6.45, 7) is 0.797. The number of nitrogens with one attached hydrogen (secondary N) is 2. The van der Waals surface area contributed by atoms with Crippen molar-refractivity contribution < 1.29 is 9.18 Å². The molecule has 3 heterocycles. The number of carbonyl (C=O) groups excluding carboxylic acids is 1. The first kappa shape index (κ1) is 13.9. The van der Waals surface area contributed by atoms with Crippen molar-refractivity contribution >= 4 is 16.8 Å². The van der Waals surface area contributed by atoms with Crippen LogP contribution in [0.2, 0.25) is 0 Å². The molecule has 1 atom stereocenters. The van der Waals surface area contributed by atoms with E-state index in [0.29, 0.717) is 11.1 Å². The Morgan fingerprint density at radius 2 is 2.26 bits per heavy atom. The summed E-state index contributed by atoms with van der Waals surface area (Å²) in [7, 11) is 0. The van der Waals surface area contributed by atoms with Gasteiger partial charge in [0.15, 0.2) is 0 Å². The van der Waals surface area contributed by atoms with Gasteiger partial charge in [0, 0.05) is 29.9 Å². The number of amides is 1. The Hall–Kier alpha value is -2.70. The molecule has 3 aromatic rings. The summed E-state index contributed by atoms with van der Waals surface area (Å²) in [5, 5.41) is 11.7. The number of carbonyl (C=O) groups is 1. The van der Waals surface area contributed by atoms with Crippen molar-refractivity contribution in [2.75, 3.05) is 0 Å². The maximum atomic E-state index is 13.2. The molecule has 0 aliphatic carbocycles. The highest BCUT2D eigenvalue weighted by atomic mass is 19.1. The van der Waals surface area contributed by atoms with Crippen molar-refractivity contribution in [3.05, 3.63) is 47.9 Å². The van der Waals surface area contributed by atoms with Crippen LogP contribution in [0.5, 0.6) is 0 Å². The number of aryl methyl sites for hydroxylation is 2. The second-order valence-electron chi connectivity index (χ2n) is 5.85. The van der Waals surface area contributed by atoms with E-state index in [0.717, 1.165) is 37.1 Å². The molecule has 23 heavy (non-hydrogen) atoms. The summed E-state index contributed by atoms with van der Waals surface area (Å²) in [4.78, 5) is 15.5. The molecular weight excluding hydrogens is 297 g/mol. The van der Waals surface area contributed by atoms with Crippen LogP contribution in [0, 0.1) is 5.82 Å². The van der Waals surface area contributed by atoms with E-state index in [-0.39, 0.29) is 17.8 Å². The zero-order chi connectivity index (χ0) is 15.8. The number of fused-ring (bicyclic) bond motifs is 2. The molecule has 0 saturated heterocycles. The summed E-state index contributed by atoms with van der Waals surface area (Å²) in [5.41, 5.74) is 1.21. The molecule has 2 N–H and O–H groups in total. The summed E-state index contributed by atoms with van der Waals surface area (Å²) >= 11 is 0. The molecular formula is C16H16FN5O. The van der Waals surface area contributed by atoms with E-state index in [9.17, 15) is 9.18 Å². The van der Waals surface area contributed by atoms with Gasteiger partial charge in [-0.05, 0) is 37.1 Å². The van der Waals surface area contributed by atoms with E-state index in [4.69, 9.17) is 0 Å². The zero-order valence-electron chi connectivity index (χ0n) is 12.4. The number of aromatic amines is 1. The summed E-state index contributed by atoms with van der Waals surface area (Å²) < 4.78 is 15.3. The predicted octanol–water partition coefficient (Wildman–Crippen LogP) is 2.03. The van der Waals surface area contributed by atoms with Crippen LogP contribution >= 0.6 is 0 Å². The Bertz CT molecular complexity index is 846. The number of nitrogens with zero attached hydrogens (tertiary/aromatic N) is 3. The van der Waals surface area contributed by atoms with Gasteiger partial charge in [-0.2, -0.15) is 0 Å². The first-order valence-corrected chi connectivity index (χ1v) is 7.65. The van der Waals surface area contributed by atoms with Crippen molar-refractivity contribution in [2.45, 2.75) is 31.8 Å². The number of benzene rings is 1. The molecule has 1 aliphatic rings. The summed E-state index contributed by atoms with van der Waals surface area (Å²) in [6, 6.07) is 6.20. The normalized spacial score (nSPS) is 17.7. The van der Waals surface area contributed by atoms with E-state index in [1.165, 1.54) is 12.1 Å². The van der Waals surface area contributed by atoms with E-state index in [1.807, 2.05) is 4.57 Å². The molecule has 0 radical (unpaired) electrons. The lowest BCUT2D eigenvalue weighted by atomic mass is 10.1. The van der Waals surface area contributed by atoms with Crippen molar-refractivity contribution in [1.82, 2.24) is 25.1 Å². The largest absolute Gasteiger partial charge is 0.351 e. The van der Waals surface area contributed by atoms with E-state index in [2.05, 4.69) is 20.5 Å².